The van der Waals surface area contributed by atoms with E-state index in [4.69, 9.17) is 10.1 Å². The van der Waals surface area contributed by atoms with Gasteiger partial charge in [-0.25, -0.2) is 14.8 Å². The molecule has 0 saturated carbocycles. The zero-order valence-electron chi connectivity index (χ0n) is 14.2. The molecule has 1 aliphatic carbocycles. The van der Waals surface area contributed by atoms with Gasteiger partial charge < -0.3 is 14.9 Å². The van der Waals surface area contributed by atoms with Crippen LogP contribution in [0.5, 0.6) is 0 Å². The monoisotopic (exact) mass is 352 g/mol. The van der Waals surface area contributed by atoms with Crippen molar-refractivity contribution in [2.45, 2.75) is 56.9 Å². The fourth-order valence-electron chi connectivity index (χ4n) is 4.06. The molecule has 8 heteroatoms. The summed E-state index contributed by atoms with van der Waals surface area (Å²) in [5.41, 5.74) is 1.21. The first-order chi connectivity index (χ1) is 11.9. The molecule has 0 radical (unpaired) electrons. The molecule has 1 atom stereocenters. The van der Waals surface area contributed by atoms with Crippen molar-refractivity contribution >= 4 is 12.0 Å². The molecule has 136 valence electrons. The zero-order valence-corrected chi connectivity index (χ0v) is 14.2. The molecular weight excluding hydrogens is 330 g/mol. The summed E-state index contributed by atoms with van der Waals surface area (Å²) in [6.07, 6.45) is 1.42. The van der Waals surface area contributed by atoms with Crippen LogP contribution in [-0.2, 0) is 12.3 Å². The lowest BCUT2D eigenvalue weighted by Gasteiger charge is -2.39. The maximum absolute atomic E-state index is 14.3. The predicted octanol–water partition coefficient (Wildman–Crippen LogP) is 2.97. The third-order valence-electron chi connectivity index (χ3n) is 5.79. The Morgan fingerprint density at radius 3 is 2.48 bits per heavy atom. The Kier molecular flexibility index (Phi) is 3.81. The van der Waals surface area contributed by atoms with Crippen molar-refractivity contribution in [2.75, 3.05) is 24.5 Å². The van der Waals surface area contributed by atoms with E-state index in [1.807, 2.05) is 11.8 Å². The second kappa shape index (κ2) is 5.78. The highest BCUT2D eigenvalue weighted by molar-refractivity contribution is 5.65. The highest BCUT2D eigenvalue weighted by atomic mass is 19.3. The number of fused-ring (bicyclic) bond motifs is 1. The lowest BCUT2D eigenvalue weighted by atomic mass is 9.90. The summed E-state index contributed by atoms with van der Waals surface area (Å²) in [7, 11) is 0. The summed E-state index contributed by atoms with van der Waals surface area (Å²) < 4.78 is 28.6. The molecule has 2 aliphatic heterocycles. The van der Waals surface area contributed by atoms with Gasteiger partial charge in [0, 0.05) is 43.6 Å². The summed E-state index contributed by atoms with van der Waals surface area (Å²) in [5, 5.41) is 9.10. The van der Waals surface area contributed by atoms with E-state index in [0.29, 0.717) is 43.9 Å². The van der Waals surface area contributed by atoms with E-state index in [-0.39, 0.29) is 24.1 Å². The van der Waals surface area contributed by atoms with E-state index < -0.39 is 12.0 Å². The second-order valence-corrected chi connectivity index (χ2v) is 7.32. The van der Waals surface area contributed by atoms with Gasteiger partial charge in [-0.2, -0.15) is 8.78 Å². The standard InChI is InChI=1S/C17H22F2N4O2/c1-10-3-9-23(10)15-20-13(11-4-7-22(8-5-11)16(24)25)12-2-6-17(18,19)14(12)21-15/h10-11H,2-9H2,1H3,(H,24,25). The minimum absolute atomic E-state index is 0.0246. The number of hydrogen-bond acceptors (Lipinski definition) is 4. The van der Waals surface area contributed by atoms with Crippen molar-refractivity contribution in [1.82, 2.24) is 14.9 Å². The van der Waals surface area contributed by atoms with Gasteiger partial charge in [0.05, 0.1) is 5.69 Å². The number of halogens is 2. The molecule has 3 heterocycles. The van der Waals surface area contributed by atoms with Gasteiger partial charge in [0.15, 0.2) is 0 Å². The Bertz CT molecular complexity index is 704. The molecule has 4 rings (SSSR count). The number of amides is 1. The molecule has 0 aromatic carbocycles. The number of anilines is 1. The lowest BCUT2D eigenvalue weighted by Crippen LogP contribution is -2.47. The number of nitrogens with zero attached hydrogens (tertiary/aromatic N) is 4. The van der Waals surface area contributed by atoms with E-state index in [9.17, 15) is 13.6 Å². The average molecular weight is 352 g/mol. The lowest BCUT2D eigenvalue weighted by molar-refractivity contribution is -0.00598. The Morgan fingerprint density at radius 1 is 1.20 bits per heavy atom. The van der Waals surface area contributed by atoms with Crippen molar-refractivity contribution in [3.05, 3.63) is 17.0 Å². The van der Waals surface area contributed by atoms with Crippen LogP contribution >= 0.6 is 0 Å². The van der Waals surface area contributed by atoms with Gasteiger partial charge in [-0.3, -0.25) is 0 Å². The van der Waals surface area contributed by atoms with E-state index >= 15 is 0 Å². The Balaban J connectivity index is 1.68. The number of carboxylic acid groups (broad SMARTS) is 1. The fourth-order valence-corrected chi connectivity index (χ4v) is 4.06. The average Bonchev–Trinajstić information content (AvgIpc) is 2.88. The molecule has 6 nitrogen and oxygen atoms in total. The maximum atomic E-state index is 14.3. The molecule has 1 N–H and O–H groups in total. The third-order valence-corrected chi connectivity index (χ3v) is 5.79. The number of likely N-dealkylation sites (tertiary alicyclic amines) is 1. The van der Waals surface area contributed by atoms with Gasteiger partial charge in [-0.05, 0) is 32.6 Å². The van der Waals surface area contributed by atoms with Crippen LogP contribution in [0.4, 0.5) is 19.5 Å². The number of piperidine rings is 1. The normalized spacial score (nSPS) is 25.6. The van der Waals surface area contributed by atoms with Crippen molar-refractivity contribution in [1.29, 1.82) is 0 Å². The molecule has 0 spiro atoms. The predicted molar refractivity (Wildman–Crippen MR) is 87.2 cm³/mol. The first kappa shape index (κ1) is 16.5. The summed E-state index contributed by atoms with van der Waals surface area (Å²) in [6, 6.07) is 0.273. The smallest absolute Gasteiger partial charge is 0.407 e. The van der Waals surface area contributed by atoms with Crippen LogP contribution < -0.4 is 4.90 Å². The van der Waals surface area contributed by atoms with Gasteiger partial charge in [-0.15, -0.1) is 0 Å². The number of carbonyl (C=O) groups is 1. The topological polar surface area (TPSA) is 69.6 Å². The zero-order chi connectivity index (χ0) is 17.8. The Labute approximate surface area is 144 Å². The highest BCUT2D eigenvalue weighted by Gasteiger charge is 2.45. The quantitative estimate of drug-likeness (QED) is 0.886. The summed E-state index contributed by atoms with van der Waals surface area (Å²) in [6.45, 7) is 3.68. The van der Waals surface area contributed by atoms with E-state index in [1.165, 1.54) is 4.90 Å². The van der Waals surface area contributed by atoms with E-state index in [2.05, 4.69) is 4.98 Å². The SMILES string of the molecule is CC1CCN1c1nc(C2CCN(C(=O)O)CC2)c2c(n1)C(F)(F)CC2. The molecule has 0 bridgehead atoms. The van der Waals surface area contributed by atoms with Crippen molar-refractivity contribution in [2.24, 2.45) is 0 Å². The number of rotatable bonds is 2. The second-order valence-electron chi connectivity index (χ2n) is 7.32. The van der Waals surface area contributed by atoms with Gasteiger partial charge in [0.2, 0.25) is 5.95 Å². The summed E-state index contributed by atoms with van der Waals surface area (Å²) >= 11 is 0. The first-order valence-corrected chi connectivity index (χ1v) is 8.90. The van der Waals surface area contributed by atoms with Gasteiger partial charge >= 0.3 is 6.09 Å². The molecule has 2 saturated heterocycles. The Hall–Kier alpha value is -1.99. The number of alkyl halides is 2. The van der Waals surface area contributed by atoms with Crippen LogP contribution in [0.2, 0.25) is 0 Å². The van der Waals surface area contributed by atoms with Crippen LogP contribution in [0.1, 0.15) is 55.5 Å². The van der Waals surface area contributed by atoms with Gasteiger partial charge in [0.25, 0.3) is 5.92 Å². The molecule has 25 heavy (non-hydrogen) atoms. The minimum atomic E-state index is -2.89. The summed E-state index contributed by atoms with van der Waals surface area (Å²) in [5.74, 6) is -2.45. The molecule has 1 amide bonds. The molecule has 1 aromatic rings. The Morgan fingerprint density at radius 2 is 1.92 bits per heavy atom. The molecule has 3 aliphatic rings. The molecule has 2 fully saturated rings. The van der Waals surface area contributed by atoms with Crippen LogP contribution in [0.25, 0.3) is 0 Å². The molecular formula is C17H22F2N4O2. The number of aromatic nitrogens is 2. The van der Waals surface area contributed by atoms with Crippen molar-refractivity contribution in [3.63, 3.8) is 0 Å². The van der Waals surface area contributed by atoms with Crippen molar-refractivity contribution in [3.8, 4) is 0 Å². The van der Waals surface area contributed by atoms with E-state index in [0.717, 1.165) is 18.7 Å². The van der Waals surface area contributed by atoms with E-state index in [1.54, 1.807) is 0 Å². The van der Waals surface area contributed by atoms with Crippen LogP contribution in [0.15, 0.2) is 0 Å². The number of hydrogen-bond donors (Lipinski definition) is 1. The molecule has 1 unspecified atom stereocenters. The van der Waals surface area contributed by atoms with Crippen LogP contribution in [-0.4, -0.2) is 51.7 Å². The van der Waals surface area contributed by atoms with Crippen molar-refractivity contribution < 1.29 is 18.7 Å². The van der Waals surface area contributed by atoms with Crippen LogP contribution in [0.3, 0.4) is 0 Å². The highest BCUT2D eigenvalue weighted by Crippen LogP contribution is 2.45. The minimum Gasteiger partial charge on any atom is -0.465 e. The van der Waals surface area contributed by atoms with Gasteiger partial charge in [0.1, 0.15) is 5.69 Å². The molecule has 1 aromatic heterocycles. The third kappa shape index (κ3) is 2.71. The maximum Gasteiger partial charge on any atom is 0.407 e. The fraction of sp³-hybridized carbons (Fsp3) is 0.706. The summed E-state index contributed by atoms with van der Waals surface area (Å²) in [4.78, 5) is 23.4. The van der Waals surface area contributed by atoms with Crippen LogP contribution in [0, 0.1) is 0 Å². The first-order valence-electron chi connectivity index (χ1n) is 8.90. The van der Waals surface area contributed by atoms with Gasteiger partial charge in [-0.1, -0.05) is 0 Å². The largest absolute Gasteiger partial charge is 0.465 e.